The number of aliphatic hydroxyl groups is 1. The van der Waals surface area contributed by atoms with Crippen molar-refractivity contribution >= 4 is 16.7 Å². The van der Waals surface area contributed by atoms with Crippen LogP contribution < -0.4 is 10.7 Å². The second-order valence-corrected chi connectivity index (χ2v) is 6.53. The number of hydrogen-bond acceptors (Lipinski definition) is 5. The average molecular weight is 412 g/mol. The summed E-state index contributed by atoms with van der Waals surface area (Å²) < 4.78 is 39.2. The molecule has 0 saturated carbocycles. The monoisotopic (exact) mass is 412 g/mol. The van der Waals surface area contributed by atoms with Crippen molar-refractivity contribution in [2.75, 3.05) is 5.32 Å². The topological polar surface area (TPSA) is 90.9 Å². The van der Waals surface area contributed by atoms with E-state index in [-0.39, 0.29) is 16.7 Å². The van der Waals surface area contributed by atoms with Gasteiger partial charge in [-0.3, -0.25) is 9.78 Å². The number of aromatic nitrogens is 3. The number of para-hydroxylation sites is 1. The van der Waals surface area contributed by atoms with Gasteiger partial charge in [-0.2, -0.15) is 13.2 Å². The minimum Gasteiger partial charge on any atom is -0.369 e. The Morgan fingerprint density at radius 3 is 2.60 bits per heavy atom. The summed E-state index contributed by atoms with van der Waals surface area (Å²) in [6.07, 6.45) is -1.39. The van der Waals surface area contributed by atoms with Gasteiger partial charge in [0, 0.05) is 35.1 Å². The van der Waals surface area contributed by atoms with Crippen LogP contribution in [0, 0.1) is 0 Å². The van der Waals surface area contributed by atoms with Crippen molar-refractivity contribution in [2.24, 2.45) is 0 Å². The summed E-state index contributed by atoms with van der Waals surface area (Å²) >= 11 is 0. The number of pyridine rings is 1. The maximum Gasteiger partial charge on any atom is 0.416 e. The fraction of sp³-hybridized carbons (Fsp3) is 0.0952. The summed E-state index contributed by atoms with van der Waals surface area (Å²) in [6, 6.07) is 10.7. The van der Waals surface area contributed by atoms with Crippen LogP contribution in [0.15, 0.2) is 71.9 Å². The molecule has 0 aliphatic heterocycles. The molecule has 0 radical (unpaired) electrons. The van der Waals surface area contributed by atoms with E-state index in [0.717, 1.165) is 12.1 Å². The summed E-state index contributed by atoms with van der Waals surface area (Å²) in [4.78, 5) is 23.5. The van der Waals surface area contributed by atoms with E-state index in [1.54, 1.807) is 18.2 Å². The molecule has 0 amide bonds. The molecule has 9 heteroatoms. The predicted molar refractivity (Wildman–Crippen MR) is 106 cm³/mol. The zero-order valence-corrected chi connectivity index (χ0v) is 15.3. The van der Waals surface area contributed by atoms with E-state index in [9.17, 15) is 23.1 Å². The smallest absolute Gasteiger partial charge is 0.369 e. The fourth-order valence-electron chi connectivity index (χ4n) is 3.13. The van der Waals surface area contributed by atoms with Crippen LogP contribution in [0.2, 0.25) is 0 Å². The van der Waals surface area contributed by atoms with Gasteiger partial charge < -0.3 is 15.4 Å². The molecule has 0 aliphatic carbocycles. The number of benzene rings is 2. The molecular weight excluding hydrogens is 397 g/mol. The van der Waals surface area contributed by atoms with Crippen molar-refractivity contribution in [1.29, 1.82) is 0 Å². The van der Waals surface area contributed by atoms with Crippen LogP contribution in [-0.4, -0.2) is 20.1 Å². The van der Waals surface area contributed by atoms with Crippen LogP contribution in [0.3, 0.4) is 0 Å². The molecule has 30 heavy (non-hydrogen) atoms. The minimum atomic E-state index is -4.50. The Hall–Kier alpha value is -3.72. The third kappa shape index (κ3) is 3.87. The highest BCUT2D eigenvalue weighted by Gasteiger charge is 2.30. The Bertz CT molecular complexity index is 1260. The second-order valence-electron chi connectivity index (χ2n) is 6.53. The van der Waals surface area contributed by atoms with Gasteiger partial charge in [-0.1, -0.05) is 24.3 Å². The zero-order chi connectivity index (χ0) is 21.3. The van der Waals surface area contributed by atoms with Gasteiger partial charge in [-0.25, -0.2) is 4.98 Å². The van der Waals surface area contributed by atoms with Gasteiger partial charge in [0.15, 0.2) is 11.7 Å². The molecule has 2 aromatic heterocycles. The molecule has 1 atom stereocenters. The van der Waals surface area contributed by atoms with Crippen molar-refractivity contribution < 1.29 is 18.3 Å². The van der Waals surface area contributed by atoms with Crippen molar-refractivity contribution in [3.05, 3.63) is 88.5 Å². The van der Waals surface area contributed by atoms with Gasteiger partial charge in [0.2, 0.25) is 0 Å². The highest BCUT2D eigenvalue weighted by Crippen LogP contribution is 2.32. The lowest BCUT2D eigenvalue weighted by atomic mass is 10.0. The Balaban J connectivity index is 1.81. The number of anilines is 1. The Kier molecular flexibility index (Phi) is 4.96. The number of nitrogens with one attached hydrogen (secondary N) is 2. The second kappa shape index (κ2) is 7.60. The van der Waals surface area contributed by atoms with Gasteiger partial charge >= 0.3 is 6.18 Å². The number of halogens is 3. The average Bonchev–Trinajstić information content (AvgIpc) is 2.73. The molecule has 6 nitrogen and oxygen atoms in total. The number of H-pyrrole nitrogens is 1. The van der Waals surface area contributed by atoms with E-state index in [1.165, 1.54) is 36.8 Å². The molecule has 0 fully saturated rings. The van der Waals surface area contributed by atoms with Crippen molar-refractivity contribution in [3.63, 3.8) is 0 Å². The van der Waals surface area contributed by atoms with Gasteiger partial charge in [0.1, 0.15) is 5.82 Å². The standard InChI is InChI=1S/C21H15F3N4O2/c22-21(23,24)13-4-1-3-12(9-13)16-10-17(29)14-5-2-6-15(19(14)27-16)20(30)28-18-11-25-7-8-26-18/h1-11,20,30H,(H,26,28)(H,27,29). The molecule has 152 valence electrons. The van der Waals surface area contributed by atoms with Crippen molar-refractivity contribution in [1.82, 2.24) is 15.0 Å². The summed E-state index contributed by atoms with van der Waals surface area (Å²) in [5.41, 5.74) is -0.151. The van der Waals surface area contributed by atoms with Gasteiger partial charge in [-0.15, -0.1) is 0 Å². The molecule has 0 aliphatic rings. The molecular formula is C21H15F3N4O2. The van der Waals surface area contributed by atoms with Crippen LogP contribution in [-0.2, 0) is 6.18 Å². The maximum absolute atomic E-state index is 13.1. The van der Waals surface area contributed by atoms with Crippen molar-refractivity contribution in [3.8, 4) is 11.3 Å². The molecule has 0 saturated heterocycles. The fourth-order valence-corrected chi connectivity index (χ4v) is 3.13. The van der Waals surface area contributed by atoms with Crippen LogP contribution in [0.25, 0.3) is 22.2 Å². The van der Waals surface area contributed by atoms with Crippen LogP contribution in [0.4, 0.5) is 19.0 Å². The van der Waals surface area contributed by atoms with Crippen LogP contribution in [0.1, 0.15) is 17.4 Å². The number of nitrogens with zero attached hydrogens (tertiary/aromatic N) is 2. The molecule has 0 spiro atoms. The van der Waals surface area contributed by atoms with E-state index in [4.69, 9.17) is 0 Å². The number of rotatable bonds is 4. The third-order valence-corrected chi connectivity index (χ3v) is 4.54. The number of alkyl halides is 3. The molecule has 1 unspecified atom stereocenters. The normalized spacial score (nSPS) is 12.7. The molecule has 3 N–H and O–H groups in total. The van der Waals surface area contributed by atoms with E-state index >= 15 is 0 Å². The van der Waals surface area contributed by atoms with Gasteiger partial charge in [0.05, 0.1) is 17.3 Å². The first kappa shape index (κ1) is 19.6. The van der Waals surface area contributed by atoms with E-state index in [2.05, 4.69) is 20.3 Å². The number of aliphatic hydroxyl groups excluding tert-OH is 1. The molecule has 4 rings (SSSR count). The quantitative estimate of drug-likeness (QED) is 0.439. The molecule has 0 bridgehead atoms. The maximum atomic E-state index is 13.1. The van der Waals surface area contributed by atoms with E-state index < -0.39 is 18.0 Å². The summed E-state index contributed by atoms with van der Waals surface area (Å²) in [7, 11) is 0. The molecule has 2 heterocycles. The Morgan fingerprint density at radius 1 is 1.07 bits per heavy atom. The number of fused-ring (bicyclic) bond motifs is 1. The van der Waals surface area contributed by atoms with Crippen molar-refractivity contribution in [2.45, 2.75) is 12.4 Å². The van der Waals surface area contributed by atoms with E-state index in [1.807, 2.05) is 0 Å². The summed E-state index contributed by atoms with van der Waals surface area (Å²) in [5, 5.41) is 13.7. The Morgan fingerprint density at radius 2 is 1.87 bits per heavy atom. The lowest BCUT2D eigenvalue weighted by Gasteiger charge is -2.16. The number of aromatic amines is 1. The summed E-state index contributed by atoms with van der Waals surface area (Å²) in [6.45, 7) is 0. The first-order valence-corrected chi connectivity index (χ1v) is 8.87. The summed E-state index contributed by atoms with van der Waals surface area (Å²) in [5.74, 6) is 0.318. The lowest BCUT2D eigenvalue weighted by molar-refractivity contribution is -0.137. The Labute approximate surface area is 168 Å². The van der Waals surface area contributed by atoms with E-state index in [0.29, 0.717) is 22.3 Å². The SMILES string of the molecule is O=c1cc(-c2cccc(C(F)(F)F)c2)[nH]c2c(C(O)Nc3cnccn3)cccc12. The van der Waals surface area contributed by atoms with Crippen LogP contribution in [0.5, 0.6) is 0 Å². The predicted octanol–water partition coefficient (Wildman–Crippen LogP) is 4.11. The molecule has 2 aromatic carbocycles. The zero-order valence-electron chi connectivity index (χ0n) is 15.3. The number of hydrogen-bond donors (Lipinski definition) is 3. The minimum absolute atomic E-state index is 0.204. The van der Waals surface area contributed by atoms with Gasteiger partial charge in [-0.05, 0) is 23.8 Å². The molecule has 4 aromatic rings. The first-order valence-electron chi connectivity index (χ1n) is 8.87. The largest absolute Gasteiger partial charge is 0.416 e. The lowest BCUT2D eigenvalue weighted by Crippen LogP contribution is -2.13. The highest BCUT2D eigenvalue weighted by atomic mass is 19.4. The third-order valence-electron chi connectivity index (χ3n) is 4.54. The van der Waals surface area contributed by atoms with Gasteiger partial charge in [0.25, 0.3) is 0 Å². The van der Waals surface area contributed by atoms with Crippen LogP contribution >= 0.6 is 0 Å². The highest BCUT2D eigenvalue weighted by molar-refractivity contribution is 5.85. The first-order chi connectivity index (χ1) is 14.3.